The normalized spacial score (nSPS) is 14.4. The molecule has 4 unspecified atom stereocenters. The van der Waals surface area contributed by atoms with E-state index in [1.165, 1.54) is 257 Å². The second-order valence-electron chi connectivity index (χ2n) is 30.4. The Bertz CT molecular complexity index is 1960. The summed E-state index contributed by atoms with van der Waals surface area (Å²) in [5.74, 6) is -0.452. The highest BCUT2D eigenvalue weighted by Gasteiger charge is 2.30. The summed E-state index contributed by atoms with van der Waals surface area (Å²) in [5.41, 5.74) is 0. The van der Waals surface area contributed by atoms with Gasteiger partial charge in [0.1, 0.15) is 19.3 Å². The number of aliphatic hydroxyl groups is 1. The number of carbonyl (C=O) groups excluding carboxylic acids is 4. The summed E-state index contributed by atoms with van der Waals surface area (Å²) in [6.07, 6.45) is 65.0. The summed E-state index contributed by atoms with van der Waals surface area (Å²) in [6.45, 7) is 9.73. The maximum absolute atomic E-state index is 13.1. The molecule has 19 heteroatoms. The molecule has 0 bridgehead atoms. The number of ether oxygens (including phenoxy) is 4. The summed E-state index contributed by atoms with van der Waals surface area (Å²) in [7, 11) is -9.92. The average Bonchev–Trinajstić information content (AvgIpc) is 0.915. The highest BCUT2D eigenvalue weighted by atomic mass is 31.2. The fourth-order valence-corrected chi connectivity index (χ4v) is 14.4. The summed E-state index contributed by atoms with van der Waals surface area (Å²) in [6, 6.07) is 0. The second kappa shape index (κ2) is 74.5. The molecule has 102 heavy (non-hydrogen) atoms. The maximum Gasteiger partial charge on any atom is 0.472 e. The number of phosphoric acid groups is 2. The van der Waals surface area contributed by atoms with E-state index in [2.05, 4.69) is 41.5 Å². The van der Waals surface area contributed by atoms with Crippen molar-refractivity contribution in [1.29, 1.82) is 0 Å². The van der Waals surface area contributed by atoms with Crippen molar-refractivity contribution in [3.05, 3.63) is 0 Å². The number of esters is 4. The van der Waals surface area contributed by atoms with Gasteiger partial charge in [0.2, 0.25) is 0 Å². The molecular weight excluding hydrogens is 1330 g/mol. The van der Waals surface area contributed by atoms with Gasteiger partial charge in [0.25, 0.3) is 0 Å². The number of phosphoric ester groups is 2. The summed E-state index contributed by atoms with van der Waals surface area (Å²) in [5, 5.41) is 10.7. The lowest BCUT2D eigenvalue weighted by Gasteiger charge is -2.21. The zero-order chi connectivity index (χ0) is 74.9. The molecule has 0 aromatic carbocycles. The third kappa shape index (κ3) is 73.6. The lowest BCUT2D eigenvalue weighted by atomic mass is 9.99. The number of hydrogen-bond acceptors (Lipinski definition) is 15. The minimum atomic E-state index is -4.96. The fraction of sp³-hybridized carbons (Fsp3) is 0.952. The van der Waals surface area contributed by atoms with Crippen LogP contribution in [0.5, 0.6) is 0 Å². The molecule has 0 aliphatic rings. The monoisotopic (exact) mass is 1490 g/mol. The van der Waals surface area contributed by atoms with Crippen molar-refractivity contribution in [1.82, 2.24) is 0 Å². The first-order valence-electron chi connectivity index (χ1n) is 43.1. The van der Waals surface area contributed by atoms with Gasteiger partial charge in [0, 0.05) is 25.7 Å². The molecule has 0 heterocycles. The molecule has 0 aromatic rings. The minimum absolute atomic E-state index is 0.107. The van der Waals surface area contributed by atoms with Crippen molar-refractivity contribution in [3.8, 4) is 0 Å². The van der Waals surface area contributed by atoms with Gasteiger partial charge in [0.05, 0.1) is 26.4 Å². The van der Waals surface area contributed by atoms with E-state index in [4.69, 9.17) is 37.0 Å². The Morgan fingerprint density at radius 1 is 0.275 bits per heavy atom. The first-order chi connectivity index (χ1) is 49.4. The van der Waals surface area contributed by atoms with Crippen molar-refractivity contribution in [2.24, 2.45) is 11.8 Å². The molecule has 17 nitrogen and oxygen atoms in total. The smallest absolute Gasteiger partial charge is 0.462 e. The number of unbranched alkanes of at least 4 members (excludes halogenated alkanes) is 50. The molecule has 3 N–H and O–H groups in total. The predicted octanol–water partition coefficient (Wildman–Crippen LogP) is 25.1. The highest BCUT2D eigenvalue weighted by molar-refractivity contribution is 7.47. The summed E-state index contributed by atoms with van der Waals surface area (Å²) < 4.78 is 68.8. The lowest BCUT2D eigenvalue weighted by Crippen LogP contribution is -2.30. The highest BCUT2D eigenvalue weighted by Crippen LogP contribution is 2.45. The molecule has 7 atom stereocenters. The molecule has 0 aliphatic carbocycles. The van der Waals surface area contributed by atoms with Crippen LogP contribution in [0.1, 0.15) is 440 Å². The van der Waals surface area contributed by atoms with Crippen LogP contribution in [0.3, 0.4) is 0 Å². The van der Waals surface area contributed by atoms with Crippen LogP contribution in [0.2, 0.25) is 0 Å². The van der Waals surface area contributed by atoms with Crippen LogP contribution in [0.25, 0.3) is 0 Å². The molecule has 0 fully saturated rings. The van der Waals surface area contributed by atoms with Crippen molar-refractivity contribution >= 4 is 39.5 Å². The third-order valence-corrected chi connectivity index (χ3v) is 22.1. The molecule has 0 radical (unpaired) electrons. The van der Waals surface area contributed by atoms with Gasteiger partial charge in [-0.05, 0) is 37.5 Å². The molecule has 0 aromatic heterocycles. The van der Waals surface area contributed by atoms with Crippen molar-refractivity contribution in [2.45, 2.75) is 458 Å². The first kappa shape index (κ1) is 100. The summed E-state index contributed by atoms with van der Waals surface area (Å²) in [4.78, 5) is 73.1. The maximum atomic E-state index is 13.1. The minimum Gasteiger partial charge on any atom is -0.462 e. The Hall–Kier alpha value is -1.94. The molecule has 0 aliphatic heterocycles. The molecule has 0 rings (SSSR count). The van der Waals surface area contributed by atoms with E-state index in [1.54, 1.807) is 0 Å². The van der Waals surface area contributed by atoms with E-state index < -0.39 is 97.5 Å². The van der Waals surface area contributed by atoms with Gasteiger partial charge < -0.3 is 33.8 Å². The molecule has 0 saturated heterocycles. The van der Waals surface area contributed by atoms with E-state index in [-0.39, 0.29) is 25.7 Å². The average molecular weight is 1490 g/mol. The van der Waals surface area contributed by atoms with Crippen molar-refractivity contribution in [2.75, 3.05) is 39.6 Å². The zero-order valence-corrected chi connectivity index (χ0v) is 68.7. The third-order valence-electron chi connectivity index (χ3n) is 20.2. The Morgan fingerprint density at radius 3 is 0.696 bits per heavy atom. The number of aliphatic hydroxyl groups excluding tert-OH is 1. The van der Waals surface area contributed by atoms with E-state index in [0.717, 1.165) is 102 Å². The van der Waals surface area contributed by atoms with Crippen LogP contribution in [0, 0.1) is 11.8 Å². The van der Waals surface area contributed by atoms with Crippen molar-refractivity contribution in [3.63, 3.8) is 0 Å². The Morgan fingerprint density at radius 2 is 0.471 bits per heavy atom. The van der Waals surface area contributed by atoms with Gasteiger partial charge in [-0.2, -0.15) is 0 Å². The molecule has 0 saturated carbocycles. The van der Waals surface area contributed by atoms with Crippen LogP contribution in [-0.4, -0.2) is 96.7 Å². The first-order valence-corrected chi connectivity index (χ1v) is 46.1. The van der Waals surface area contributed by atoms with Crippen LogP contribution in [0.15, 0.2) is 0 Å². The lowest BCUT2D eigenvalue weighted by molar-refractivity contribution is -0.161. The second-order valence-corrected chi connectivity index (χ2v) is 33.3. The molecule has 0 amide bonds. The standard InChI is InChI=1S/C83H162O17P2/c1-7-11-13-15-17-19-21-22-23-24-25-26-27-32-36-43-49-55-61-67-82(87)99-78(72-94-81(86)66-60-54-48-42-35-31-29-28-30-34-39-45-51-57-63-75(5)9-3)73-97-101(89,90)95-69-77(84)70-96-102(91,92)98-74-79(71-93-80(85)65-59-53-47-41-33-20-18-16-14-12-8-2)100-83(88)68-62-56-50-44-38-37-40-46-52-58-64-76(6)10-4/h75-79,84H,7-74H2,1-6H3,(H,89,90)(H,91,92)/t75?,76?,77-,78-,79-/m1/s1. The van der Waals surface area contributed by atoms with Gasteiger partial charge >= 0.3 is 39.5 Å². The Kier molecular flexibility index (Phi) is 73.1. The zero-order valence-electron chi connectivity index (χ0n) is 66.9. The van der Waals surface area contributed by atoms with Gasteiger partial charge in [-0.3, -0.25) is 37.3 Å². The van der Waals surface area contributed by atoms with Crippen LogP contribution < -0.4 is 0 Å². The van der Waals surface area contributed by atoms with E-state index >= 15 is 0 Å². The molecule has 606 valence electrons. The van der Waals surface area contributed by atoms with E-state index in [1.807, 2.05) is 0 Å². The van der Waals surface area contributed by atoms with Gasteiger partial charge in [-0.15, -0.1) is 0 Å². The predicted molar refractivity (Wildman–Crippen MR) is 418 cm³/mol. The van der Waals surface area contributed by atoms with Crippen LogP contribution in [0.4, 0.5) is 0 Å². The van der Waals surface area contributed by atoms with Gasteiger partial charge in [0.15, 0.2) is 12.2 Å². The largest absolute Gasteiger partial charge is 0.472 e. The quantitative estimate of drug-likeness (QED) is 0.0222. The Balaban J connectivity index is 5.25. The SMILES string of the molecule is CCCCCCCCCCCCCCCCCCCCCC(=O)O[C@H](COC(=O)CCCCCCCCCCCCCCCCC(C)CC)COP(=O)(O)OC[C@@H](O)COP(=O)(O)OC[C@@H](COC(=O)CCCCCCCCCCCCC)OC(=O)CCCCCCCCCCCCC(C)CC. The summed E-state index contributed by atoms with van der Waals surface area (Å²) >= 11 is 0. The van der Waals surface area contributed by atoms with E-state index in [9.17, 15) is 43.2 Å². The topological polar surface area (TPSA) is 237 Å². The van der Waals surface area contributed by atoms with Crippen LogP contribution in [-0.2, 0) is 65.4 Å². The molecule has 0 spiro atoms. The van der Waals surface area contributed by atoms with Gasteiger partial charge in [-0.1, -0.05) is 388 Å². The van der Waals surface area contributed by atoms with Gasteiger partial charge in [-0.25, -0.2) is 9.13 Å². The van der Waals surface area contributed by atoms with Crippen LogP contribution >= 0.6 is 15.6 Å². The molecular formula is C83H162O17P2. The van der Waals surface area contributed by atoms with Crippen molar-refractivity contribution < 1.29 is 80.2 Å². The number of carbonyl (C=O) groups is 4. The number of rotatable bonds is 82. The number of hydrogen-bond donors (Lipinski definition) is 3. The fourth-order valence-electron chi connectivity index (χ4n) is 12.8. The Labute approximate surface area is 626 Å². The van der Waals surface area contributed by atoms with E-state index in [0.29, 0.717) is 25.7 Å².